The van der Waals surface area contributed by atoms with Crippen molar-refractivity contribution in [2.24, 2.45) is 0 Å². The predicted molar refractivity (Wildman–Crippen MR) is 115 cm³/mol. The second-order valence-corrected chi connectivity index (χ2v) is 9.12. The Bertz CT molecular complexity index is 1160. The lowest BCUT2D eigenvalue weighted by molar-refractivity contribution is 0.102. The summed E-state index contributed by atoms with van der Waals surface area (Å²) in [6, 6.07) is 23.0. The Morgan fingerprint density at radius 1 is 0.897 bits per heavy atom. The zero-order chi connectivity index (χ0) is 20.4. The first kappa shape index (κ1) is 19.4. The number of carbonyl (C=O) groups is 1. The normalized spacial score (nSPS) is 15.7. The lowest BCUT2D eigenvalue weighted by atomic mass is 9.99. The van der Waals surface area contributed by atoms with E-state index in [9.17, 15) is 13.2 Å². The quantitative estimate of drug-likeness (QED) is 0.680. The summed E-state index contributed by atoms with van der Waals surface area (Å²) in [6.07, 6.45) is 2.45. The first-order valence-corrected chi connectivity index (χ1v) is 11.3. The molecule has 3 aromatic carbocycles. The highest BCUT2D eigenvalue weighted by atomic mass is 32.2. The fourth-order valence-electron chi connectivity index (χ4n) is 3.83. The molecule has 0 radical (unpaired) electrons. The van der Waals surface area contributed by atoms with Gasteiger partial charge in [0.15, 0.2) is 0 Å². The Hall–Kier alpha value is -2.96. The molecule has 0 aromatic heterocycles. The van der Waals surface area contributed by atoms with E-state index in [0.717, 1.165) is 22.3 Å². The molecule has 0 saturated heterocycles. The van der Waals surface area contributed by atoms with E-state index in [1.54, 1.807) is 0 Å². The smallest absolute Gasteiger partial charge is 0.256 e. The summed E-state index contributed by atoms with van der Waals surface area (Å²) in [5.41, 5.74) is 5.34. The number of fused-ring (bicyclic) bond motifs is 1. The number of carbonyl (C=O) groups excluding carboxylic acids is 1. The Kier molecular flexibility index (Phi) is 5.22. The minimum Gasteiger partial charge on any atom is -0.322 e. The highest BCUT2D eigenvalue weighted by Gasteiger charge is 2.24. The van der Waals surface area contributed by atoms with Gasteiger partial charge >= 0.3 is 0 Å². The van der Waals surface area contributed by atoms with E-state index < -0.39 is 10.0 Å². The molecule has 1 amide bonds. The van der Waals surface area contributed by atoms with Crippen molar-refractivity contribution in [1.29, 1.82) is 0 Å². The number of anilines is 1. The number of amides is 1. The van der Waals surface area contributed by atoms with Crippen LogP contribution in [-0.2, 0) is 22.9 Å². The highest BCUT2D eigenvalue weighted by molar-refractivity contribution is 7.88. The van der Waals surface area contributed by atoms with Crippen molar-refractivity contribution >= 4 is 21.6 Å². The highest BCUT2D eigenvalue weighted by Crippen LogP contribution is 2.27. The van der Waals surface area contributed by atoms with Crippen LogP contribution in [0.1, 0.15) is 21.5 Å². The Morgan fingerprint density at radius 2 is 1.59 bits per heavy atom. The number of hydrogen-bond acceptors (Lipinski definition) is 3. The summed E-state index contributed by atoms with van der Waals surface area (Å²) in [5.74, 6) is -0.173. The number of rotatable bonds is 5. The maximum atomic E-state index is 13.0. The molecule has 148 valence electrons. The van der Waals surface area contributed by atoms with Crippen LogP contribution in [0, 0.1) is 0 Å². The molecule has 0 spiro atoms. The van der Waals surface area contributed by atoms with Gasteiger partial charge in [-0.3, -0.25) is 4.79 Å². The monoisotopic (exact) mass is 406 g/mol. The van der Waals surface area contributed by atoms with Gasteiger partial charge in [-0.25, -0.2) is 13.1 Å². The van der Waals surface area contributed by atoms with E-state index in [4.69, 9.17) is 0 Å². The predicted octanol–water partition coefficient (Wildman–Crippen LogP) is 3.62. The molecule has 0 saturated carbocycles. The van der Waals surface area contributed by atoms with E-state index >= 15 is 0 Å². The van der Waals surface area contributed by atoms with E-state index in [-0.39, 0.29) is 11.9 Å². The number of hydrogen-bond donors (Lipinski definition) is 2. The van der Waals surface area contributed by atoms with Crippen molar-refractivity contribution in [2.75, 3.05) is 11.6 Å². The first-order chi connectivity index (χ1) is 13.9. The third-order valence-corrected chi connectivity index (χ3v) is 5.80. The minimum atomic E-state index is -3.24. The molecule has 0 bridgehead atoms. The zero-order valence-corrected chi connectivity index (χ0v) is 16.9. The maximum Gasteiger partial charge on any atom is 0.256 e. The average Bonchev–Trinajstić information content (AvgIpc) is 3.08. The standard InChI is InChI=1S/C23H22N2O3S/c1-29(27,28)25-20-13-17-11-12-19(14-18(17)15-20)24-23(26)22-10-6-5-9-21(22)16-7-3-2-4-8-16/h2-12,14,20,25H,13,15H2,1H3,(H,24,26). The van der Waals surface area contributed by atoms with Crippen molar-refractivity contribution in [3.8, 4) is 11.1 Å². The third-order valence-electron chi connectivity index (χ3n) is 5.03. The Morgan fingerprint density at radius 3 is 2.34 bits per heavy atom. The number of sulfonamides is 1. The SMILES string of the molecule is CS(=O)(=O)NC1Cc2ccc(NC(=O)c3ccccc3-c3ccccc3)cc2C1. The molecule has 1 atom stereocenters. The van der Waals surface area contributed by atoms with Gasteiger partial charge < -0.3 is 5.32 Å². The summed E-state index contributed by atoms with van der Waals surface area (Å²) in [6.45, 7) is 0. The summed E-state index contributed by atoms with van der Waals surface area (Å²) in [5, 5.41) is 2.98. The molecule has 0 aliphatic heterocycles. The van der Waals surface area contributed by atoms with Crippen LogP contribution in [0.5, 0.6) is 0 Å². The molecule has 4 rings (SSSR count). The third kappa shape index (κ3) is 4.55. The van der Waals surface area contributed by atoms with Crippen LogP contribution in [0.15, 0.2) is 72.8 Å². The molecule has 6 heteroatoms. The maximum absolute atomic E-state index is 13.0. The van der Waals surface area contributed by atoms with E-state index in [0.29, 0.717) is 24.1 Å². The van der Waals surface area contributed by atoms with Crippen molar-refractivity contribution in [1.82, 2.24) is 4.72 Å². The van der Waals surface area contributed by atoms with Gasteiger partial charge in [0.25, 0.3) is 5.91 Å². The Labute approximate surface area is 170 Å². The van der Waals surface area contributed by atoms with Crippen molar-refractivity contribution in [2.45, 2.75) is 18.9 Å². The molecule has 3 aromatic rings. The molecule has 0 heterocycles. The summed E-state index contributed by atoms with van der Waals surface area (Å²) in [4.78, 5) is 13.0. The van der Waals surface area contributed by atoms with Crippen molar-refractivity contribution in [3.05, 3.63) is 89.5 Å². The van der Waals surface area contributed by atoms with Gasteiger partial charge in [0.1, 0.15) is 0 Å². The molecular formula is C23H22N2O3S. The van der Waals surface area contributed by atoms with Crippen LogP contribution in [0.4, 0.5) is 5.69 Å². The molecule has 0 fully saturated rings. The summed E-state index contributed by atoms with van der Waals surface area (Å²) < 4.78 is 25.6. The largest absolute Gasteiger partial charge is 0.322 e. The topological polar surface area (TPSA) is 75.3 Å². The number of nitrogens with one attached hydrogen (secondary N) is 2. The molecule has 1 unspecified atom stereocenters. The average molecular weight is 407 g/mol. The number of benzene rings is 3. The van der Waals surface area contributed by atoms with Gasteiger partial charge in [-0.05, 0) is 53.3 Å². The van der Waals surface area contributed by atoms with Gasteiger partial charge in [0, 0.05) is 17.3 Å². The molecular weight excluding hydrogens is 384 g/mol. The first-order valence-electron chi connectivity index (χ1n) is 9.44. The molecule has 5 nitrogen and oxygen atoms in total. The fraction of sp³-hybridized carbons (Fsp3) is 0.174. The van der Waals surface area contributed by atoms with Crippen molar-refractivity contribution < 1.29 is 13.2 Å². The second kappa shape index (κ2) is 7.81. The minimum absolute atomic E-state index is 0.134. The van der Waals surface area contributed by atoms with E-state index in [1.807, 2.05) is 72.8 Å². The van der Waals surface area contributed by atoms with E-state index in [1.165, 1.54) is 6.26 Å². The van der Waals surface area contributed by atoms with Gasteiger partial charge in [-0.1, -0.05) is 54.6 Å². The van der Waals surface area contributed by atoms with Crippen molar-refractivity contribution in [3.63, 3.8) is 0 Å². The Balaban J connectivity index is 1.54. The van der Waals surface area contributed by atoms with Gasteiger partial charge in [-0.2, -0.15) is 0 Å². The molecule has 2 N–H and O–H groups in total. The lowest BCUT2D eigenvalue weighted by Crippen LogP contribution is -2.34. The fourth-order valence-corrected chi connectivity index (χ4v) is 4.60. The van der Waals surface area contributed by atoms with Gasteiger partial charge in [0.2, 0.25) is 10.0 Å². The van der Waals surface area contributed by atoms with Gasteiger partial charge in [-0.15, -0.1) is 0 Å². The van der Waals surface area contributed by atoms with Crippen LogP contribution in [-0.4, -0.2) is 26.6 Å². The summed E-state index contributed by atoms with van der Waals surface area (Å²) >= 11 is 0. The lowest BCUT2D eigenvalue weighted by Gasteiger charge is -2.11. The second-order valence-electron chi connectivity index (χ2n) is 7.34. The van der Waals surface area contributed by atoms with Crippen LogP contribution in [0.2, 0.25) is 0 Å². The van der Waals surface area contributed by atoms with Crippen LogP contribution in [0.3, 0.4) is 0 Å². The van der Waals surface area contributed by atoms with Crippen LogP contribution >= 0.6 is 0 Å². The summed E-state index contributed by atoms with van der Waals surface area (Å²) in [7, 11) is -3.24. The van der Waals surface area contributed by atoms with Crippen LogP contribution < -0.4 is 10.0 Å². The molecule has 1 aliphatic carbocycles. The van der Waals surface area contributed by atoms with Gasteiger partial charge in [0.05, 0.1) is 6.26 Å². The molecule has 1 aliphatic rings. The zero-order valence-electron chi connectivity index (χ0n) is 16.1. The van der Waals surface area contributed by atoms with Crippen LogP contribution in [0.25, 0.3) is 11.1 Å². The molecule has 29 heavy (non-hydrogen) atoms. The van der Waals surface area contributed by atoms with E-state index in [2.05, 4.69) is 10.0 Å².